The average molecular weight is 396 g/mol. The Morgan fingerprint density at radius 3 is 2.00 bits per heavy atom. The summed E-state index contributed by atoms with van der Waals surface area (Å²) in [4.78, 5) is 12.3. The third kappa shape index (κ3) is 5.67. The Balaban J connectivity index is 2.13. The van der Waals surface area contributed by atoms with Crippen LogP contribution in [0.4, 0.5) is 13.2 Å². The highest BCUT2D eigenvalue weighted by Gasteiger charge is 2.28. The summed E-state index contributed by atoms with van der Waals surface area (Å²) in [6, 6.07) is 8.78. The van der Waals surface area contributed by atoms with Crippen molar-refractivity contribution in [3.63, 3.8) is 0 Å². The van der Waals surface area contributed by atoms with Crippen LogP contribution in [-0.4, -0.2) is 39.9 Å². The van der Waals surface area contributed by atoms with Crippen molar-refractivity contribution in [3.8, 4) is 23.0 Å². The van der Waals surface area contributed by atoms with Crippen LogP contribution >= 0.6 is 0 Å². The van der Waals surface area contributed by atoms with E-state index in [2.05, 4.69) is 4.74 Å². The van der Waals surface area contributed by atoms with Crippen molar-refractivity contribution >= 4 is 11.9 Å². The molecule has 0 aromatic heterocycles. The van der Waals surface area contributed by atoms with Crippen LogP contribution in [0.1, 0.15) is 15.9 Å². The largest absolute Gasteiger partial charge is 0.493 e. The first-order valence-electron chi connectivity index (χ1n) is 8.09. The number of allylic oxidation sites excluding steroid dienone is 1. The Morgan fingerprint density at radius 2 is 1.54 bits per heavy atom. The van der Waals surface area contributed by atoms with E-state index < -0.39 is 12.8 Å². The minimum Gasteiger partial charge on any atom is -0.493 e. The van der Waals surface area contributed by atoms with Gasteiger partial charge in [0, 0.05) is 5.56 Å². The molecule has 0 heterocycles. The number of hydrogen-bond donors (Lipinski definition) is 0. The van der Waals surface area contributed by atoms with E-state index in [1.165, 1.54) is 51.7 Å². The molecule has 0 N–H and O–H groups in total. The van der Waals surface area contributed by atoms with E-state index >= 15 is 0 Å². The maximum Gasteiger partial charge on any atom is 0.422 e. The first-order valence-corrected chi connectivity index (χ1v) is 8.09. The lowest BCUT2D eigenvalue weighted by Crippen LogP contribution is -2.19. The highest BCUT2D eigenvalue weighted by molar-refractivity contribution is 6.06. The highest BCUT2D eigenvalue weighted by Crippen LogP contribution is 2.38. The van der Waals surface area contributed by atoms with Crippen molar-refractivity contribution < 1.29 is 36.9 Å². The molecule has 0 atom stereocenters. The number of carbonyl (C=O) groups is 1. The Labute approximate surface area is 160 Å². The molecule has 0 spiro atoms. The molecule has 0 saturated heterocycles. The molecule has 5 nitrogen and oxygen atoms in total. The SMILES string of the molecule is COc1cc(/C=C/C(=O)c2ccc(OCC(F)(F)F)cc2)cc(OC)c1OC. The molecule has 0 amide bonds. The normalized spacial score (nSPS) is 11.4. The van der Waals surface area contributed by atoms with Crippen LogP contribution in [-0.2, 0) is 0 Å². The number of rotatable bonds is 8. The van der Waals surface area contributed by atoms with E-state index in [-0.39, 0.29) is 11.5 Å². The average Bonchev–Trinajstić information content (AvgIpc) is 2.69. The Morgan fingerprint density at radius 1 is 0.964 bits per heavy atom. The third-order valence-corrected chi connectivity index (χ3v) is 3.66. The van der Waals surface area contributed by atoms with E-state index in [1.807, 2.05) is 0 Å². The molecular formula is C20H19F3O5. The lowest BCUT2D eigenvalue weighted by Gasteiger charge is -2.12. The van der Waals surface area contributed by atoms with Crippen LogP contribution in [0, 0.1) is 0 Å². The molecule has 150 valence electrons. The summed E-state index contributed by atoms with van der Waals surface area (Å²) >= 11 is 0. The van der Waals surface area contributed by atoms with E-state index in [0.717, 1.165) is 0 Å². The molecule has 0 bridgehead atoms. The minimum atomic E-state index is -4.42. The summed E-state index contributed by atoms with van der Waals surface area (Å²) < 4.78 is 56.8. The van der Waals surface area contributed by atoms with Gasteiger partial charge in [-0.05, 0) is 48.0 Å². The van der Waals surface area contributed by atoms with Crippen molar-refractivity contribution in [2.24, 2.45) is 0 Å². The molecule has 2 aromatic rings. The fourth-order valence-corrected chi connectivity index (χ4v) is 2.35. The maximum atomic E-state index is 12.3. The first-order chi connectivity index (χ1) is 13.3. The molecule has 0 fully saturated rings. The van der Waals surface area contributed by atoms with Crippen LogP contribution in [0.25, 0.3) is 6.08 Å². The van der Waals surface area contributed by atoms with Crippen LogP contribution in [0.5, 0.6) is 23.0 Å². The van der Waals surface area contributed by atoms with E-state index in [0.29, 0.717) is 28.4 Å². The van der Waals surface area contributed by atoms with Gasteiger partial charge in [-0.25, -0.2) is 0 Å². The van der Waals surface area contributed by atoms with Gasteiger partial charge in [0.15, 0.2) is 23.9 Å². The standard InChI is InChI=1S/C20H19F3O5/c1-25-17-10-13(11-18(26-2)19(17)27-3)4-9-16(24)14-5-7-15(8-6-14)28-12-20(21,22)23/h4-11H,12H2,1-3H3/b9-4+. The number of benzene rings is 2. The molecule has 0 aliphatic rings. The number of methoxy groups -OCH3 is 3. The summed E-state index contributed by atoms with van der Waals surface area (Å²) in [7, 11) is 4.46. The lowest BCUT2D eigenvalue weighted by atomic mass is 10.1. The molecule has 28 heavy (non-hydrogen) atoms. The van der Waals surface area contributed by atoms with E-state index in [4.69, 9.17) is 14.2 Å². The molecular weight excluding hydrogens is 377 g/mol. The van der Waals surface area contributed by atoms with Gasteiger partial charge in [0.2, 0.25) is 5.75 Å². The monoisotopic (exact) mass is 396 g/mol. The van der Waals surface area contributed by atoms with Gasteiger partial charge in [-0.15, -0.1) is 0 Å². The quantitative estimate of drug-likeness (QED) is 0.484. The molecule has 0 radical (unpaired) electrons. The number of carbonyl (C=O) groups excluding carboxylic acids is 1. The van der Waals surface area contributed by atoms with Gasteiger partial charge in [-0.1, -0.05) is 6.08 Å². The van der Waals surface area contributed by atoms with Crippen LogP contribution in [0.3, 0.4) is 0 Å². The van der Waals surface area contributed by atoms with Crippen molar-refractivity contribution in [2.45, 2.75) is 6.18 Å². The molecule has 0 aliphatic carbocycles. The molecule has 0 unspecified atom stereocenters. The predicted molar refractivity (Wildman–Crippen MR) is 97.5 cm³/mol. The number of alkyl halides is 3. The molecule has 8 heteroatoms. The summed E-state index contributed by atoms with van der Waals surface area (Å²) in [5.74, 6) is 1.03. The van der Waals surface area contributed by atoms with Crippen LogP contribution in [0.15, 0.2) is 42.5 Å². The van der Waals surface area contributed by atoms with Gasteiger partial charge in [0.1, 0.15) is 5.75 Å². The van der Waals surface area contributed by atoms with Gasteiger partial charge in [-0.2, -0.15) is 13.2 Å². The van der Waals surface area contributed by atoms with Crippen molar-refractivity contribution in [2.75, 3.05) is 27.9 Å². The molecule has 0 aliphatic heterocycles. The van der Waals surface area contributed by atoms with Gasteiger partial charge < -0.3 is 18.9 Å². The summed E-state index contributed by atoms with van der Waals surface area (Å²) in [5, 5.41) is 0. The van der Waals surface area contributed by atoms with E-state index in [1.54, 1.807) is 18.2 Å². The fraction of sp³-hybridized carbons (Fsp3) is 0.250. The molecule has 0 saturated carbocycles. The molecule has 2 rings (SSSR count). The van der Waals surface area contributed by atoms with Crippen LogP contribution in [0.2, 0.25) is 0 Å². The van der Waals surface area contributed by atoms with Crippen molar-refractivity contribution in [1.82, 2.24) is 0 Å². The first kappa shape index (κ1) is 21.1. The zero-order valence-corrected chi connectivity index (χ0v) is 15.5. The Kier molecular flexibility index (Phi) is 6.92. The second kappa shape index (κ2) is 9.16. The van der Waals surface area contributed by atoms with Gasteiger partial charge >= 0.3 is 6.18 Å². The van der Waals surface area contributed by atoms with Gasteiger partial charge in [0.05, 0.1) is 21.3 Å². The summed E-state index contributed by atoms with van der Waals surface area (Å²) in [6.07, 6.45) is -1.51. The van der Waals surface area contributed by atoms with Gasteiger partial charge in [0.25, 0.3) is 0 Å². The van der Waals surface area contributed by atoms with Crippen LogP contribution < -0.4 is 18.9 Å². The fourth-order valence-electron chi connectivity index (χ4n) is 2.35. The number of hydrogen-bond acceptors (Lipinski definition) is 5. The second-order valence-electron chi connectivity index (χ2n) is 5.58. The predicted octanol–water partition coefficient (Wildman–Crippen LogP) is 4.55. The van der Waals surface area contributed by atoms with E-state index in [9.17, 15) is 18.0 Å². The third-order valence-electron chi connectivity index (χ3n) is 3.66. The number of ketones is 1. The van der Waals surface area contributed by atoms with Crippen molar-refractivity contribution in [1.29, 1.82) is 0 Å². The summed E-state index contributed by atoms with van der Waals surface area (Å²) in [6.45, 7) is -1.39. The zero-order chi connectivity index (χ0) is 20.7. The Hall–Kier alpha value is -3.16. The lowest BCUT2D eigenvalue weighted by molar-refractivity contribution is -0.153. The second-order valence-corrected chi connectivity index (χ2v) is 5.58. The van der Waals surface area contributed by atoms with Crippen molar-refractivity contribution in [3.05, 3.63) is 53.6 Å². The number of halogens is 3. The summed E-state index contributed by atoms with van der Waals surface area (Å²) in [5.41, 5.74) is 0.955. The maximum absolute atomic E-state index is 12.3. The van der Waals surface area contributed by atoms with Gasteiger partial charge in [-0.3, -0.25) is 4.79 Å². The smallest absolute Gasteiger partial charge is 0.422 e. The number of ether oxygens (including phenoxy) is 4. The topological polar surface area (TPSA) is 54.0 Å². The Bertz CT molecular complexity index is 817. The highest BCUT2D eigenvalue weighted by atomic mass is 19.4. The molecule has 2 aromatic carbocycles. The minimum absolute atomic E-state index is 0.0301. The zero-order valence-electron chi connectivity index (χ0n) is 15.5.